The molecule has 1 aliphatic rings. The Morgan fingerprint density at radius 2 is 1.64 bits per heavy atom. The Kier molecular flexibility index (Phi) is 6.63. The number of benzene rings is 2. The van der Waals surface area contributed by atoms with Crippen LogP contribution in [0, 0.1) is 0 Å². The Labute approximate surface area is 156 Å². The zero-order chi connectivity index (χ0) is 17.2. The summed E-state index contributed by atoms with van der Waals surface area (Å²) in [5.74, 6) is 0. The molecule has 3 rings (SSSR count). The molecule has 4 nitrogen and oxygen atoms in total. The molecule has 0 aromatic heterocycles. The van der Waals surface area contributed by atoms with Crippen LogP contribution >= 0.6 is 12.4 Å². The van der Waals surface area contributed by atoms with Crippen LogP contribution in [0.2, 0.25) is 0 Å². The van der Waals surface area contributed by atoms with Crippen LogP contribution in [-0.4, -0.2) is 44.3 Å². The second kappa shape index (κ2) is 8.32. The first-order valence-corrected chi connectivity index (χ1v) is 9.80. The number of nitrogens with zero attached hydrogens (tertiary/aromatic N) is 2. The molecule has 0 N–H and O–H groups in total. The average Bonchev–Trinajstić information content (AvgIpc) is 2.62. The van der Waals surface area contributed by atoms with Crippen molar-refractivity contribution in [1.29, 1.82) is 0 Å². The summed E-state index contributed by atoms with van der Waals surface area (Å²) < 4.78 is 28.0. The van der Waals surface area contributed by atoms with Crippen molar-refractivity contribution in [3.63, 3.8) is 0 Å². The molecule has 136 valence electrons. The second-order valence-corrected chi connectivity index (χ2v) is 8.19. The van der Waals surface area contributed by atoms with Crippen LogP contribution in [0.4, 0.5) is 0 Å². The number of aryl methyl sites for hydroxylation is 1. The molecule has 6 heteroatoms. The first-order valence-electron chi connectivity index (χ1n) is 8.36. The van der Waals surface area contributed by atoms with E-state index in [0.29, 0.717) is 18.0 Å². The van der Waals surface area contributed by atoms with Crippen molar-refractivity contribution in [2.75, 3.05) is 26.7 Å². The number of likely N-dealkylation sites (N-methyl/N-ethyl adjacent to an activating group) is 1. The molecule has 1 atom stereocenters. The van der Waals surface area contributed by atoms with Gasteiger partial charge in [0.05, 0.1) is 10.9 Å². The fourth-order valence-corrected chi connectivity index (χ4v) is 4.77. The van der Waals surface area contributed by atoms with Crippen LogP contribution in [0.25, 0.3) is 0 Å². The quantitative estimate of drug-likeness (QED) is 0.816. The number of piperazine rings is 1. The van der Waals surface area contributed by atoms with E-state index in [-0.39, 0.29) is 18.4 Å². The van der Waals surface area contributed by atoms with Gasteiger partial charge in [-0.2, -0.15) is 4.31 Å². The predicted molar refractivity (Wildman–Crippen MR) is 104 cm³/mol. The minimum Gasteiger partial charge on any atom is -0.303 e. The van der Waals surface area contributed by atoms with Gasteiger partial charge >= 0.3 is 0 Å². The lowest BCUT2D eigenvalue weighted by molar-refractivity contribution is 0.160. The molecule has 0 aliphatic carbocycles. The molecular formula is C19H25ClN2O2S. The van der Waals surface area contributed by atoms with Crippen molar-refractivity contribution in [3.8, 4) is 0 Å². The van der Waals surface area contributed by atoms with Crippen molar-refractivity contribution >= 4 is 22.4 Å². The summed E-state index contributed by atoms with van der Waals surface area (Å²) in [6.45, 7) is 4.02. The lowest BCUT2D eigenvalue weighted by Gasteiger charge is -2.39. The molecule has 1 aliphatic heterocycles. The maximum absolute atomic E-state index is 13.2. The van der Waals surface area contributed by atoms with Gasteiger partial charge < -0.3 is 4.90 Å². The number of hydrogen-bond acceptors (Lipinski definition) is 3. The highest BCUT2D eigenvalue weighted by Crippen LogP contribution is 2.30. The Bertz CT molecular complexity index is 779. The summed E-state index contributed by atoms with van der Waals surface area (Å²) >= 11 is 0. The molecule has 0 saturated carbocycles. The molecule has 0 spiro atoms. The van der Waals surface area contributed by atoms with Gasteiger partial charge in [-0.25, -0.2) is 8.42 Å². The fraction of sp³-hybridized carbons (Fsp3) is 0.368. The molecule has 0 radical (unpaired) electrons. The highest BCUT2D eigenvalue weighted by molar-refractivity contribution is 7.89. The van der Waals surface area contributed by atoms with E-state index in [2.05, 4.69) is 11.8 Å². The predicted octanol–water partition coefficient (Wildman–Crippen LogP) is 3.35. The van der Waals surface area contributed by atoms with Gasteiger partial charge in [-0.1, -0.05) is 49.4 Å². The Morgan fingerprint density at radius 1 is 1.00 bits per heavy atom. The van der Waals surface area contributed by atoms with Gasteiger partial charge in [-0.05, 0) is 36.7 Å². The molecule has 1 fully saturated rings. The van der Waals surface area contributed by atoms with E-state index >= 15 is 0 Å². The lowest BCUT2D eigenvalue weighted by Crippen LogP contribution is -2.49. The summed E-state index contributed by atoms with van der Waals surface area (Å²) in [6.07, 6.45) is 0.904. The molecule has 2 aromatic rings. The highest BCUT2D eigenvalue weighted by Gasteiger charge is 2.35. The molecule has 0 bridgehead atoms. The maximum Gasteiger partial charge on any atom is 0.243 e. The van der Waals surface area contributed by atoms with Crippen molar-refractivity contribution in [1.82, 2.24) is 9.21 Å². The first kappa shape index (κ1) is 19.9. The number of sulfonamides is 1. The molecule has 25 heavy (non-hydrogen) atoms. The van der Waals surface area contributed by atoms with Crippen LogP contribution in [0.15, 0.2) is 59.5 Å². The van der Waals surface area contributed by atoms with Crippen LogP contribution in [0.3, 0.4) is 0 Å². The zero-order valence-corrected chi connectivity index (χ0v) is 16.3. The summed E-state index contributed by atoms with van der Waals surface area (Å²) in [7, 11) is -1.46. The third-order valence-corrected chi connectivity index (χ3v) is 6.58. The van der Waals surface area contributed by atoms with E-state index in [0.717, 1.165) is 24.1 Å². The van der Waals surface area contributed by atoms with Crippen molar-refractivity contribution < 1.29 is 8.42 Å². The highest BCUT2D eigenvalue weighted by atomic mass is 35.5. The van der Waals surface area contributed by atoms with E-state index in [9.17, 15) is 8.42 Å². The summed E-state index contributed by atoms with van der Waals surface area (Å²) in [5.41, 5.74) is 2.18. The van der Waals surface area contributed by atoms with Crippen molar-refractivity contribution in [2.45, 2.75) is 24.3 Å². The minimum absolute atomic E-state index is 0. The normalized spacial score (nSPS) is 19.4. The van der Waals surface area contributed by atoms with E-state index in [4.69, 9.17) is 0 Å². The molecule has 1 unspecified atom stereocenters. The topological polar surface area (TPSA) is 40.6 Å². The zero-order valence-electron chi connectivity index (χ0n) is 14.6. The van der Waals surface area contributed by atoms with Gasteiger partial charge in [-0.15, -0.1) is 12.4 Å². The third kappa shape index (κ3) is 4.23. The van der Waals surface area contributed by atoms with Gasteiger partial charge in [0.2, 0.25) is 10.0 Å². The molecule has 1 heterocycles. The lowest BCUT2D eigenvalue weighted by atomic mass is 10.1. The van der Waals surface area contributed by atoms with Crippen LogP contribution < -0.4 is 0 Å². The SMILES string of the molecule is CCc1ccc(S(=O)(=O)N2CCN(C)CC2c2ccccc2)cc1.Cl. The second-order valence-electron chi connectivity index (χ2n) is 6.30. The first-order chi connectivity index (χ1) is 11.5. The average molecular weight is 381 g/mol. The van der Waals surface area contributed by atoms with Gasteiger partial charge in [0.25, 0.3) is 0 Å². The van der Waals surface area contributed by atoms with E-state index in [1.807, 2.05) is 49.5 Å². The largest absolute Gasteiger partial charge is 0.303 e. The summed E-state index contributed by atoms with van der Waals surface area (Å²) in [6, 6.07) is 17.0. The van der Waals surface area contributed by atoms with Gasteiger partial charge in [0.1, 0.15) is 0 Å². The summed E-state index contributed by atoms with van der Waals surface area (Å²) in [5, 5.41) is 0. The van der Waals surface area contributed by atoms with E-state index in [1.165, 1.54) is 0 Å². The monoisotopic (exact) mass is 380 g/mol. The van der Waals surface area contributed by atoms with Gasteiger partial charge in [-0.3, -0.25) is 0 Å². The third-order valence-electron chi connectivity index (χ3n) is 4.66. The standard InChI is InChI=1S/C19H24N2O2S.ClH/c1-3-16-9-11-18(12-10-16)24(22,23)21-14-13-20(2)15-19(21)17-7-5-4-6-8-17;/h4-12,19H,3,13-15H2,1-2H3;1H. The van der Waals surface area contributed by atoms with Crippen LogP contribution in [0.1, 0.15) is 24.1 Å². The summed E-state index contributed by atoms with van der Waals surface area (Å²) in [4.78, 5) is 2.56. The van der Waals surface area contributed by atoms with E-state index in [1.54, 1.807) is 16.4 Å². The molecular weight excluding hydrogens is 356 g/mol. The Balaban J connectivity index is 0.00000225. The Morgan fingerprint density at radius 3 is 2.24 bits per heavy atom. The van der Waals surface area contributed by atoms with Gasteiger partial charge in [0, 0.05) is 19.6 Å². The maximum atomic E-state index is 13.2. The van der Waals surface area contributed by atoms with Crippen molar-refractivity contribution in [2.24, 2.45) is 0 Å². The molecule has 1 saturated heterocycles. The molecule has 2 aromatic carbocycles. The van der Waals surface area contributed by atoms with Crippen LogP contribution in [0.5, 0.6) is 0 Å². The number of hydrogen-bond donors (Lipinski definition) is 0. The fourth-order valence-electron chi connectivity index (χ4n) is 3.17. The number of rotatable bonds is 4. The minimum atomic E-state index is -3.50. The smallest absolute Gasteiger partial charge is 0.243 e. The van der Waals surface area contributed by atoms with E-state index < -0.39 is 10.0 Å². The van der Waals surface area contributed by atoms with Crippen molar-refractivity contribution in [3.05, 3.63) is 65.7 Å². The van der Waals surface area contributed by atoms with Crippen LogP contribution in [-0.2, 0) is 16.4 Å². The molecule has 0 amide bonds. The Hall–Kier alpha value is -1.40. The van der Waals surface area contributed by atoms with Gasteiger partial charge in [0.15, 0.2) is 0 Å². The number of halogens is 1.